The van der Waals surface area contributed by atoms with Gasteiger partial charge in [0.15, 0.2) is 0 Å². The van der Waals surface area contributed by atoms with Crippen molar-refractivity contribution in [1.29, 1.82) is 0 Å². The first-order valence-corrected chi connectivity index (χ1v) is 8.53. The van der Waals surface area contributed by atoms with Gasteiger partial charge >= 0.3 is 0 Å². The highest BCUT2D eigenvalue weighted by molar-refractivity contribution is 6.30. The second-order valence-corrected chi connectivity index (χ2v) is 7.31. The van der Waals surface area contributed by atoms with Crippen molar-refractivity contribution in [3.05, 3.63) is 76.3 Å². The van der Waals surface area contributed by atoms with Crippen molar-refractivity contribution in [3.63, 3.8) is 0 Å². The number of hydrogen-bond donors (Lipinski definition) is 1. The van der Waals surface area contributed by atoms with E-state index in [9.17, 15) is 4.79 Å². The first kappa shape index (κ1) is 18.3. The Hall–Kier alpha value is -2.06. The summed E-state index contributed by atoms with van der Waals surface area (Å²) in [5.74, 6) is -0.0798. The molecule has 0 atom stereocenters. The first-order chi connectivity index (χ1) is 11.3. The molecule has 2 aromatic carbocycles. The number of hydrogen-bond acceptors (Lipinski definition) is 1. The van der Waals surface area contributed by atoms with Gasteiger partial charge in [0.2, 0.25) is 5.91 Å². The maximum atomic E-state index is 11.9. The van der Waals surface area contributed by atoms with Crippen LogP contribution in [-0.2, 0) is 16.6 Å². The smallest absolute Gasteiger partial charge is 0.244 e. The lowest BCUT2D eigenvalue weighted by atomic mass is 9.87. The van der Waals surface area contributed by atoms with Crippen LogP contribution in [0.2, 0.25) is 5.02 Å². The predicted octanol–water partition coefficient (Wildman–Crippen LogP) is 5.01. The molecule has 24 heavy (non-hydrogen) atoms. The zero-order valence-electron chi connectivity index (χ0n) is 14.5. The summed E-state index contributed by atoms with van der Waals surface area (Å²) in [5.41, 5.74) is 3.60. The van der Waals surface area contributed by atoms with E-state index < -0.39 is 0 Å². The largest absolute Gasteiger partial charge is 0.352 e. The van der Waals surface area contributed by atoms with Gasteiger partial charge < -0.3 is 5.32 Å². The molecule has 0 aliphatic rings. The number of carbonyl (C=O) groups excluding carboxylic acids is 1. The number of carbonyl (C=O) groups is 1. The van der Waals surface area contributed by atoms with Crippen LogP contribution in [-0.4, -0.2) is 12.5 Å². The average Bonchev–Trinajstić information content (AvgIpc) is 2.54. The highest BCUT2D eigenvalue weighted by Crippen LogP contribution is 2.22. The molecule has 0 aliphatic carbocycles. The van der Waals surface area contributed by atoms with E-state index in [1.54, 1.807) is 6.08 Å². The number of amides is 1. The van der Waals surface area contributed by atoms with Gasteiger partial charge in [0.05, 0.1) is 0 Å². The van der Waals surface area contributed by atoms with Crippen molar-refractivity contribution < 1.29 is 4.79 Å². The quantitative estimate of drug-likeness (QED) is 0.761. The Kier molecular flexibility index (Phi) is 6.22. The van der Waals surface area contributed by atoms with E-state index in [1.165, 1.54) is 5.56 Å². The van der Waals surface area contributed by atoms with Gasteiger partial charge in [0.1, 0.15) is 0 Å². The zero-order valence-corrected chi connectivity index (χ0v) is 15.2. The summed E-state index contributed by atoms with van der Waals surface area (Å²) in [5, 5.41) is 3.62. The Morgan fingerprint density at radius 2 is 1.67 bits per heavy atom. The molecule has 0 radical (unpaired) electrons. The third kappa shape index (κ3) is 5.86. The van der Waals surface area contributed by atoms with Crippen LogP contribution in [0, 0.1) is 0 Å². The molecule has 2 aromatic rings. The Morgan fingerprint density at radius 1 is 1.04 bits per heavy atom. The standard InChI is InChI=1S/C21H24ClNO/c1-21(2,3)18-9-4-16(5-10-18)8-13-20(24)23-15-14-17-6-11-19(22)12-7-17/h4-13H,14-15H2,1-3H3,(H,23,24)/b13-8+. The molecule has 0 heterocycles. The summed E-state index contributed by atoms with van der Waals surface area (Å²) in [6.07, 6.45) is 4.20. The lowest BCUT2D eigenvalue weighted by molar-refractivity contribution is -0.116. The van der Waals surface area contributed by atoms with Gasteiger partial charge in [0.25, 0.3) is 0 Å². The molecule has 0 fully saturated rings. The molecule has 3 heteroatoms. The van der Waals surface area contributed by atoms with Crippen LogP contribution in [0.5, 0.6) is 0 Å². The summed E-state index contributed by atoms with van der Waals surface area (Å²) in [4.78, 5) is 11.9. The van der Waals surface area contributed by atoms with Gasteiger partial charge in [-0.2, -0.15) is 0 Å². The van der Waals surface area contributed by atoms with Gasteiger partial charge in [-0.1, -0.05) is 68.8 Å². The van der Waals surface area contributed by atoms with E-state index in [-0.39, 0.29) is 11.3 Å². The second kappa shape index (κ2) is 8.16. The van der Waals surface area contributed by atoms with Crippen molar-refractivity contribution in [2.45, 2.75) is 32.6 Å². The Balaban J connectivity index is 1.81. The Morgan fingerprint density at radius 3 is 2.25 bits per heavy atom. The van der Waals surface area contributed by atoms with E-state index >= 15 is 0 Å². The molecule has 0 aliphatic heterocycles. The van der Waals surface area contributed by atoms with Gasteiger partial charge in [-0.15, -0.1) is 0 Å². The van der Waals surface area contributed by atoms with Crippen LogP contribution in [0.25, 0.3) is 6.08 Å². The minimum Gasteiger partial charge on any atom is -0.352 e. The summed E-state index contributed by atoms with van der Waals surface area (Å²) < 4.78 is 0. The lowest BCUT2D eigenvalue weighted by Crippen LogP contribution is -2.23. The number of rotatable bonds is 5. The molecule has 0 saturated carbocycles. The molecule has 2 nitrogen and oxygen atoms in total. The third-order valence-electron chi connectivity index (χ3n) is 3.83. The van der Waals surface area contributed by atoms with Crippen LogP contribution in [0.1, 0.15) is 37.5 Å². The minimum atomic E-state index is -0.0798. The van der Waals surface area contributed by atoms with Crippen molar-refractivity contribution in [2.24, 2.45) is 0 Å². The average molecular weight is 342 g/mol. The van der Waals surface area contributed by atoms with Crippen molar-refractivity contribution in [3.8, 4) is 0 Å². The molecular formula is C21H24ClNO. The molecule has 2 rings (SSSR count). The minimum absolute atomic E-state index is 0.0798. The van der Waals surface area contributed by atoms with E-state index in [2.05, 4.69) is 38.2 Å². The third-order valence-corrected chi connectivity index (χ3v) is 4.08. The van der Waals surface area contributed by atoms with Crippen molar-refractivity contribution in [2.75, 3.05) is 6.54 Å². The number of nitrogens with one attached hydrogen (secondary N) is 1. The fourth-order valence-electron chi connectivity index (χ4n) is 2.31. The Labute approximate surface area is 149 Å². The van der Waals surface area contributed by atoms with Gasteiger partial charge in [-0.25, -0.2) is 0 Å². The maximum Gasteiger partial charge on any atom is 0.244 e. The van der Waals surface area contributed by atoms with Crippen molar-refractivity contribution in [1.82, 2.24) is 5.32 Å². The van der Waals surface area contributed by atoms with E-state index in [4.69, 9.17) is 11.6 Å². The number of halogens is 1. The summed E-state index contributed by atoms with van der Waals surface area (Å²) in [6.45, 7) is 7.16. The molecule has 0 spiro atoms. The molecule has 126 valence electrons. The van der Waals surface area contributed by atoms with Gasteiger partial charge in [0, 0.05) is 17.6 Å². The van der Waals surface area contributed by atoms with E-state index in [0.29, 0.717) is 6.54 Å². The molecule has 1 amide bonds. The summed E-state index contributed by atoms with van der Waals surface area (Å²) in [6, 6.07) is 16.0. The summed E-state index contributed by atoms with van der Waals surface area (Å²) >= 11 is 5.85. The van der Waals surface area contributed by atoms with Crippen LogP contribution in [0.3, 0.4) is 0 Å². The molecule has 0 saturated heterocycles. The van der Waals surface area contributed by atoms with Crippen LogP contribution >= 0.6 is 11.6 Å². The lowest BCUT2D eigenvalue weighted by Gasteiger charge is -2.18. The van der Waals surface area contributed by atoms with Crippen molar-refractivity contribution >= 4 is 23.6 Å². The highest BCUT2D eigenvalue weighted by atomic mass is 35.5. The SMILES string of the molecule is CC(C)(C)c1ccc(/C=C/C(=O)NCCc2ccc(Cl)cc2)cc1. The zero-order chi connectivity index (χ0) is 17.6. The topological polar surface area (TPSA) is 29.1 Å². The van der Waals surface area contributed by atoms with E-state index in [0.717, 1.165) is 22.6 Å². The normalized spacial score (nSPS) is 11.7. The second-order valence-electron chi connectivity index (χ2n) is 6.87. The van der Waals surface area contributed by atoms with E-state index in [1.807, 2.05) is 42.5 Å². The maximum absolute atomic E-state index is 11.9. The monoisotopic (exact) mass is 341 g/mol. The van der Waals surface area contributed by atoms with Gasteiger partial charge in [-0.3, -0.25) is 4.79 Å². The van der Waals surface area contributed by atoms with Crippen LogP contribution < -0.4 is 5.32 Å². The first-order valence-electron chi connectivity index (χ1n) is 8.15. The molecule has 1 N–H and O–H groups in total. The number of benzene rings is 2. The molecule has 0 bridgehead atoms. The Bertz CT molecular complexity index is 694. The van der Waals surface area contributed by atoms with Crippen LogP contribution in [0.15, 0.2) is 54.6 Å². The molecule has 0 unspecified atom stereocenters. The summed E-state index contributed by atoms with van der Waals surface area (Å²) in [7, 11) is 0. The van der Waals surface area contributed by atoms with Gasteiger partial charge in [-0.05, 0) is 46.7 Å². The fourth-order valence-corrected chi connectivity index (χ4v) is 2.43. The molecular weight excluding hydrogens is 318 g/mol. The highest BCUT2D eigenvalue weighted by Gasteiger charge is 2.12. The van der Waals surface area contributed by atoms with Crippen LogP contribution in [0.4, 0.5) is 0 Å². The molecule has 0 aromatic heterocycles. The fraction of sp³-hybridized carbons (Fsp3) is 0.286. The predicted molar refractivity (Wildman–Crippen MR) is 102 cm³/mol.